The summed E-state index contributed by atoms with van der Waals surface area (Å²) in [7, 11) is 0. The van der Waals surface area contributed by atoms with Crippen LogP contribution in [0, 0.1) is 0 Å². The second-order valence-corrected chi connectivity index (χ2v) is 5.01. The third kappa shape index (κ3) is 2.75. The number of carbonyl (C=O) groups is 1. The first kappa shape index (κ1) is 12.6. The number of nitrogens with one attached hydrogen (secondary N) is 1. The predicted octanol–water partition coefficient (Wildman–Crippen LogP) is 2.73. The van der Waals surface area contributed by atoms with E-state index in [9.17, 15) is 4.79 Å². The number of hydrogen-bond donors (Lipinski definition) is 1. The van der Waals surface area contributed by atoms with E-state index in [-0.39, 0.29) is 11.8 Å². The van der Waals surface area contributed by atoms with Crippen molar-refractivity contribution in [2.45, 2.75) is 6.54 Å². The fraction of sp³-hybridized carbons (Fsp3) is 0.0714. The fourth-order valence-corrected chi connectivity index (χ4v) is 2.31. The van der Waals surface area contributed by atoms with Gasteiger partial charge in [-0.3, -0.25) is 4.79 Å². The lowest BCUT2D eigenvalue weighted by Crippen LogP contribution is -2.23. The minimum Gasteiger partial charge on any atom is -0.411 e. The number of hydrogen-bond acceptors (Lipinski definition) is 5. The van der Waals surface area contributed by atoms with Crippen molar-refractivity contribution in [3.63, 3.8) is 0 Å². The second kappa shape index (κ2) is 5.66. The van der Waals surface area contributed by atoms with Gasteiger partial charge in [0.2, 0.25) is 0 Å². The van der Waals surface area contributed by atoms with Crippen molar-refractivity contribution in [3.05, 3.63) is 59.3 Å². The lowest BCUT2D eigenvalue weighted by molar-refractivity contribution is 0.0917. The Bertz CT molecular complexity index is 692. The van der Waals surface area contributed by atoms with E-state index in [1.54, 1.807) is 0 Å². The highest BCUT2D eigenvalue weighted by Crippen LogP contribution is 2.22. The third-order valence-corrected chi connectivity index (χ3v) is 3.50. The predicted molar refractivity (Wildman–Crippen MR) is 75.2 cm³/mol. The molecule has 2 heterocycles. The van der Waals surface area contributed by atoms with E-state index in [0.717, 1.165) is 10.4 Å². The Hall–Kier alpha value is -2.47. The van der Waals surface area contributed by atoms with Gasteiger partial charge in [-0.1, -0.05) is 36.4 Å². The van der Waals surface area contributed by atoms with Gasteiger partial charge in [-0.25, -0.2) is 0 Å². The second-order valence-electron chi connectivity index (χ2n) is 4.06. The molecular weight excluding hydrogens is 274 g/mol. The number of nitrogens with zero attached hydrogens (tertiary/aromatic N) is 2. The molecule has 1 N–H and O–H groups in total. The Kier molecular flexibility index (Phi) is 3.56. The quantitative estimate of drug-likeness (QED) is 0.800. The first-order valence-electron chi connectivity index (χ1n) is 6.02. The number of benzene rings is 1. The molecule has 0 aliphatic heterocycles. The molecule has 100 valence electrons. The minimum atomic E-state index is -0.371. The van der Waals surface area contributed by atoms with Crippen molar-refractivity contribution in [2.24, 2.45) is 0 Å². The molecule has 0 aliphatic rings. The number of amides is 1. The van der Waals surface area contributed by atoms with Crippen molar-refractivity contribution in [1.82, 2.24) is 15.5 Å². The van der Waals surface area contributed by atoms with Crippen LogP contribution < -0.4 is 5.32 Å². The molecular formula is C14H11N3O2S. The molecule has 1 aromatic carbocycles. The van der Waals surface area contributed by atoms with Crippen LogP contribution in [0.1, 0.15) is 16.2 Å². The van der Waals surface area contributed by atoms with Gasteiger partial charge in [0.25, 0.3) is 5.89 Å². The Morgan fingerprint density at radius 3 is 2.75 bits per heavy atom. The molecule has 0 atom stereocenters. The van der Waals surface area contributed by atoms with Crippen molar-refractivity contribution in [2.75, 3.05) is 0 Å². The Morgan fingerprint density at radius 2 is 2.00 bits per heavy atom. The Morgan fingerprint density at radius 1 is 1.15 bits per heavy atom. The van der Waals surface area contributed by atoms with Crippen LogP contribution in [0.5, 0.6) is 0 Å². The standard InChI is InChI=1S/C14H11N3O2S/c18-12(15-9-10-5-2-1-3-6-10)14-17-16-13(19-14)11-7-4-8-20-11/h1-8H,9H2,(H,15,18). The van der Waals surface area contributed by atoms with Crippen LogP contribution in [-0.2, 0) is 6.54 Å². The van der Waals surface area contributed by atoms with Crippen molar-refractivity contribution in [3.8, 4) is 10.8 Å². The summed E-state index contributed by atoms with van der Waals surface area (Å²) in [6.45, 7) is 0.427. The lowest BCUT2D eigenvalue weighted by atomic mass is 10.2. The highest BCUT2D eigenvalue weighted by Gasteiger charge is 2.15. The number of thiophene rings is 1. The van der Waals surface area contributed by atoms with Gasteiger partial charge < -0.3 is 9.73 Å². The molecule has 2 aromatic heterocycles. The van der Waals surface area contributed by atoms with Gasteiger partial charge in [-0.05, 0) is 17.0 Å². The van der Waals surface area contributed by atoms with Crippen LogP contribution in [-0.4, -0.2) is 16.1 Å². The molecule has 0 fully saturated rings. The maximum absolute atomic E-state index is 11.9. The third-order valence-electron chi connectivity index (χ3n) is 2.65. The van der Waals surface area contributed by atoms with E-state index < -0.39 is 0 Å². The highest BCUT2D eigenvalue weighted by molar-refractivity contribution is 7.13. The van der Waals surface area contributed by atoms with Crippen molar-refractivity contribution < 1.29 is 9.21 Å². The molecule has 0 saturated carbocycles. The SMILES string of the molecule is O=C(NCc1ccccc1)c1nnc(-c2cccs2)o1. The van der Waals surface area contributed by atoms with E-state index in [2.05, 4.69) is 15.5 Å². The normalized spacial score (nSPS) is 10.4. The first-order chi connectivity index (χ1) is 9.83. The zero-order valence-corrected chi connectivity index (χ0v) is 11.3. The van der Waals surface area contributed by atoms with E-state index in [1.165, 1.54) is 11.3 Å². The summed E-state index contributed by atoms with van der Waals surface area (Å²) < 4.78 is 5.35. The average Bonchev–Trinajstić information content (AvgIpc) is 3.16. The van der Waals surface area contributed by atoms with Crippen LogP contribution in [0.4, 0.5) is 0 Å². The van der Waals surface area contributed by atoms with Gasteiger partial charge >= 0.3 is 11.8 Å². The molecule has 0 saturated heterocycles. The molecule has 0 bridgehead atoms. The zero-order valence-electron chi connectivity index (χ0n) is 10.4. The maximum atomic E-state index is 11.9. The lowest BCUT2D eigenvalue weighted by Gasteiger charge is -2.01. The van der Waals surface area contributed by atoms with Crippen LogP contribution >= 0.6 is 11.3 Å². The Balaban J connectivity index is 1.66. The van der Waals surface area contributed by atoms with Gasteiger partial charge in [0, 0.05) is 6.54 Å². The average molecular weight is 285 g/mol. The molecule has 6 heteroatoms. The summed E-state index contributed by atoms with van der Waals surface area (Å²) in [5, 5.41) is 12.3. The summed E-state index contributed by atoms with van der Waals surface area (Å²) in [5.74, 6) is -0.0293. The van der Waals surface area contributed by atoms with Crippen molar-refractivity contribution in [1.29, 1.82) is 0 Å². The van der Waals surface area contributed by atoms with Gasteiger partial charge in [0.05, 0.1) is 4.88 Å². The summed E-state index contributed by atoms with van der Waals surface area (Å²) in [5.41, 5.74) is 1.01. The van der Waals surface area contributed by atoms with Gasteiger partial charge in [-0.2, -0.15) is 0 Å². The van der Waals surface area contributed by atoms with E-state index in [4.69, 9.17) is 4.42 Å². The van der Waals surface area contributed by atoms with Crippen LogP contribution in [0.3, 0.4) is 0 Å². The largest absolute Gasteiger partial charge is 0.411 e. The van der Waals surface area contributed by atoms with Crippen LogP contribution in [0.2, 0.25) is 0 Å². The molecule has 3 rings (SSSR count). The molecule has 0 unspecified atom stereocenters. The molecule has 0 aliphatic carbocycles. The maximum Gasteiger partial charge on any atom is 0.309 e. The van der Waals surface area contributed by atoms with Gasteiger partial charge in [0.1, 0.15) is 0 Å². The summed E-state index contributed by atoms with van der Waals surface area (Å²) in [6, 6.07) is 13.4. The fourth-order valence-electron chi connectivity index (χ4n) is 1.67. The van der Waals surface area contributed by atoms with E-state index >= 15 is 0 Å². The van der Waals surface area contributed by atoms with Crippen LogP contribution in [0.25, 0.3) is 10.8 Å². The number of carbonyl (C=O) groups excluding carboxylic acids is 1. The summed E-state index contributed by atoms with van der Waals surface area (Å²) >= 11 is 1.48. The van der Waals surface area contributed by atoms with Crippen LogP contribution in [0.15, 0.2) is 52.3 Å². The number of aromatic nitrogens is 2. The molecule has 1 amide bonds. The van der Waals surface area contributed by atoms with E-state index in [1.807, 2.05) is 47.8 Å². The van der Waals surface area contributed by atoms with Gasteiger partial charge in [0.15, 0.2) is 0 Å². The zero-order chi connectivity index (χ0) is 13.8. The smallest absolute Gasteiger partial charge is 0.309 e. The molecule has 5 nitrogen and oxygen atoms in total. The monoisotopic (exact) mass is 285 g/mol. The van der Waals surface area contributed by atoms with E-state index in [0.29, 0.717) is 12.4 Å². The minimum absolute atomic E-state index is 0.0238. The molecule has 0 radical (unpaired) electrons. The first-order valence-corrected chi connectivity index (χ1v) is 6.90. The summed E-state index contributed by atoms with van der Waals surface area (Å²) in [6.07, 6.45) is 0. The van der Waals surface area contributed by atoms with Gasteiger partial charge in [-0.15, -0.1) is 21.5 Å². The Labute approximate surface area is 119 Å². The summed E-state index contributed by atoms with van der Waals surface area (Å²) in [4.78, 5) is 12.7. The highest BCUT2D eigenvalue weighted by atomic mass is 32.1. The van der Waals surface area contributed by atoms with Crippen molar-refractivity contribution >= 4 is 17.2 Å². The number of rotatable bonds is 4. The molecule has 3 aromatic rings. The topological polar surface area (TPSA) is 68.0 Å². The molecule has 0 spiro atoms. The molecule has 20 heavy (non-hydrogen) atoms.